The molecule has 0 spiro atoms. The molecule has 0 saturated carbocycles. The first-order valence-corrected chi connectivity index (χ1v) is 5.13. The predicted molar refractivity (Wildman–Crippen MR) is 76.5 cm³/mol. The predicted octanol–water partition coefficient (Wildman–Crippen LogP) is 1.19. The normalized spacial score (nSPS) is 10.2. The Labute approximate surface area is 117 Å². The average Bonchev–Trinajstić information content (AvgIpc) is 2.38. The molecular formula is C11H17ClN4O3. The summed E-state index contributed by atoms with van der Waals surface area (Å²) in [7, 11) is 4.47. The summed E-state index contributed by atoms with van der Waals surface area (Å²) in [5.74, 6) is 0.981. The van der Waals surface area contributed by atoms with E-state index in [1.807, 2.05) is 0 Å². The van der Waals surface area contributed by atoms with Crippen molar-refractivity contribution in [2.45, 2.75) is 0 Å². The van der Waals surface area contributed by atoms with Gasteiger partial charge in [-0.3, -0.25) is 10.3 Å². The highest BCUT2D eigenvalue weighted by Gasteiger charge is 2.13. The van der Waals surface area contributed by atoms with E-state index in [2.05, 4.69) is 15.6 Å². The molecule has 0 aliphatic rings. The minimum atomic E-state index is -0.527. The number of anilines is 1. The van der Waals surface area contributed by atoms with E-state index in [9.17, 15) is 4.79 Å². The Balaban J connectivity index is 0.00000324. The minimum Gasteiger partial charge on any atom is -0.494 e. The summed E-state index contributed by atoms with van der Waals surface area (Å²) in [5, 5.41) is 4.93. The van der Waals surface area contributed by atoms with Crippen molar-refractivity contribution in [3.63, 3.8) is 0 Å². The van der Waals surface area contributed by atoms with Gasteiger partial charge < -0.3 is 20.5 Å². The lowest BCUT2D eigenvalue weighted by Gasteiger charge is -2.14. The summed E-state index contributed by atoms with van der Waals surface area (Å²) in [6.45, 7) is 0. The number of rotatable bonds is 3. The Hall–Kier alpha value is -2.15. The molecule has 1 rings (SSSR count). The van der Waals surface area contributed by atoms with Crippen molar-refractivity contribution in [2.75, 3.05) is 26.6 Å². The molecule has 2 amide bonds. The highest BCUT2D eigenvalue weighted by Crippen LogP contribution is 2.33. The van der Waals surface area contributed by atoms with Crippen molar-refractivity contribution in [2.24, 2.45) is 10.7 Å². The van der Waals surface area contributed by atoms with Gasteiger partial charge in [-0.05, 0) is 12.1 Å². The van der Waals surface area contributed by atoms with Crippen LogP contribution in [0.1, 0.15) is 0 Å². The number of aliphatic imine (C=N–C) groups is 1. The Morgan fingerprint density at radius 3 is 2.21 bits per heavy atom. The van der Waals surface area contributed by atoms with Crippen LogP contribution in [0.4, 0.5) is 10.5 Å². The van der Waals surface area contributed by atoms with E-state index in [4.69, 9.17) is 15.2 Å². The quantitative estimate of drug-likeness (QED) is 0.575. The number of carbonyl (C=O) groups excluding carboxylic acids is 1. The fourth-order valence-electron chi connectivity index (χ4n) is 1.29. The number of carbonyl (C=O) groups is 1. The van der Waals surface area contributed by atoms with Crippen LogP contribution in [0.3, 0.4) is 0 Å². The number of nitrogens with zero attached hydrogens (tertiary/aromatic N) is 1. The third-order valence-corrected chi connectivity index (χ3v) is 2.15. The van der Waals surface area contributed by atoms with Crippen molar-refractivity contribution < 1.29 is 14.3 Å². The molecule has 106 valence electrons. The number of hydrogen-bond donors (Lipinski definition) is 3. The van der Waals surface area contributed by atoms with Gasteiger partial charge in [-0.2, -0.15) is 0 Å². The average molecular weight is 289 g/mol. The number of para-hydroxylation sites is 1. The fourth-order valence-corrected chi connectivity index (χ4v) is 1.29. The molecule has 0 atom stereocenters. The van der Waals surface area contributed by atoms with Crippen LogP contribution in [-0.4, -0.2) is 33.3 Å². The number of urea groups is 1. The zero-order chi connectivity index (χ0) is 13.5. The second-order valence-corrected chi connectivity index (χ2v) is 3.23. The standard InChI is InChI=1S/C11H16N4O3.ClH/c1-13-10(12)15-11(16)14-9-7(17-2)5-4-6-8(9)18-3;/h4-6H,1-3H3,(H4,12,13,14,15,16);1H. The number of methoxy groups -OCH3 is 2. The molecule has 4 N–H and O–H groups in total. The lowest BCUT2D eigenvalue weighted by molar-refractivity contribution is 0.255. The SMILES string of the molecule is CN=C(N)NC(=O)Nc1c(OC)cccc1OC.Cl. The highest BCUT2D eigenvalue weighted by atomic mass is 35.5. The molecular weight excluding hydrogens is 272 g/mol. The molecule has 1 aromatic carbocycles. The van der Waals surface area contributed by atoms with Crippen molar-refractivity contribution in [1.29, 1.82) is 0 Å². The third kappa shape index (κ3) is 4.55. The first-order valence-electron chi connectivity index (χ1n) is 5.13. The molecule has 0 radical (unpaired) electrons. The summed E-state index contributed by atoms with van der Waals surface area (Å²) in [5.41, 5.74) is 5.80. The third-order valence-electron chi connectivity index (χ3n) is 2.15. The van der Waals surface area contributed by atoms with Crippen LogP contribution in [0.25, 0.3) is 0 Å². The van der Waals surface area contributed by atoms with Gasteiger partial charge in [-0.1, -0.05) is 6.07 Å². The van der Waals surface area contributed by atoms with Gasteiger partial charge in [0.1, 0.15) is 17.2 Å². The number of nitrogens with one attached hydrogen (secondary N) is 2. The number of nitrogens with two attached hydrogens (primary N) is 1. The van der Waals surface area contributed by atoms with Gasteiger partial charge in [0.2, 0.25) is 0 Å². The van der Waals surface area contributed by atoms with Gasteiger partial charge >= 0.3 is 6.03 Å². The molecule has 0 aliphatic carbocycles. The molecule has 0 unspecified atom stereocenters. The van der Waals surface area contributed by atoms with Crippen molar-refractivity contribution in [1.82, 2.24) is 5.32 Å². The van der Waals surface area contributed by atoms with Crippen molar-refractivity contribution >= 4 is 30.1 Å². The second-order valence-electron chi connectivity index (χ2n) is 3.23. The smallest absolute Gasteiger partial charge is 0.326 e. The Kier molecular flexibility index (Phi) is 7.13. The molecule has 8 heteroatoms. The van der Waals surface area contributed by atoms with Gasteiger partial charge in [-0.15, -0.1) is 12.4 Å². The number of benzene rings is 1. The van der Waals surface area contributed by atoms with E-state index >= 15 is 0 Å². The van der Waals surface area contributed by atoms with Gasteiger partial charge in [0.25, 0.3) is 0 Å². The molecule has 0 aliphatic heterocycles. The van der Waals surface area contributed by atoms with E-state index in [0.717, 1.165) is 0 Å². The summed E-state index contributed by atoms with van der Waals surface area (Å²) in [4.78, 5) is 15.2. The van der Waals surface area contributed by atoms with Gasteiger partial charge in [0.05, 0.1) is 14.2 Å². The maximum absolute atomic E-state index is 11.6. The van der Waals surface area contributed by atoms with Gasteiger partial charge in [-0.25, -0.2) is 4.79 Å². The summed E-state index contributed by atoms with van der Waals surface area (Å²) in [6.07, 6.45) is 0. The molecule has 0 saturated heterocycles. The van der Waals surface area contributed by atoms with E-state index in [1.54, 1.807) is 18.2 Å². The Bertz CT molecular complexity index is 443. The maximum Gasteiger partial charge on any atom is 0.326 e. The Morgan fingerprint density at radius 1 is 1.26 bits per heavy atom. The van der Waals surface area contributed by atoms with Crippen LogP contribution in [0.2, 0.25) is 0 Å². The molecule has 19 heavy (non-hydrogen) atoms. The number of ether oxygens (including phenoxy) is 2. The van der Waals surface area contributed by atoms with E-state index in [-0.39, 0.29) is 18.4 Å². The Morgan fingerprint density at radius 2 is 1.79 bits per heavy atom. The summed E-state index contributed by atoms with van der Waals surface area (Å²) in [6, 6.07) is 4.63. The first kappa shape index (κ1) is 16.9. The molecule has 0 heterocycles. The second kappa shape index (κ2) is 8.04. The number of hydrogen-bond acceptors (Lipinski definition) is 4. The number of guanidine groups is 1. The van der Waals surface area contributed by atoms with Gasteiger partial charge in [0, 0.05) is 7.05 Å². The first-order chi connectivity index (χ1) is 8.62. The van der Waals surface area contributed by atoms with E-state index < -0.39 is 6.03 Å². The molecule has 0 aromatic heterocycles. The highest BCUT2D eigenvalue weighted by molar-refractivity contribution is 6.03. The molecule has 0 bridgehead atoms. The lowest BCUT2D eigenvalue weighted by Crippen LogP contribution is -2.39. The summed E-state index contributed by atoms with van der Waals surface area (Å²) >= 11 is 0. The number of amides is 2. The van der Waals surface area contributed by atoms with E-state index in [1.165, 1.54) is 21.3 Å². The van der Waals surface area contributed by atoms with E-state index in [0.29, 0.717) is 17.2 Å². The minimum absolute atomic E-state index is 0. The molecule has 1 aromatic rings. The number of halogens is 1. The molecule has 0 fully saturated rings. The largest absolute Gasteiger partial charge is 0.494 e. The van der Waals surface area contributed by atoms with Crippen molar-refractivity contribution in [3.05, 3.63) is 18.2 Å². The van der Waals surface area contributed by atoms with Crippen LogP contribution in [-0.2, 0) is 0 Å². The topological polar surface area (TPSA) is 98.0 Å². The van der Waals surface area contributed by atoms with Crippen LogP contribution < -0.4 is 25.8 Å². The lowest BCUT2D eigenvalue weighted by atomic mass is 10.2. The van der Waals surface area contributed by atoms with Crippen LogP contribution in [0.5, 0.6) is 11.5 Å². The molecule has 7 nitrogen and oxygen atoms in total. The zero-order valence-electron chi connectivity index (χ0n) is 10.9. The zero-order valence-corrected chi connectivity index (χ0v) is 11.7. The maximum atomic E-state index is 11.6. The van der Waals surface area contributed by atoms with Gasteiger partial charge in [0.15, 0.2) is 5.96 Å². The summed E-state index contributed by atoms with van der Waals surface area (Å²) < 4.78 is 10.3. The fraction of sp³-hybridized carbons (Fsp3) is 0.273. The van der Waals surface area contributed by atoms with Crippen LogP contribution >= 0.6 is 12.4 Å². The monoisotopic (exact) mass is 288 g/mol. The van der Waals surface area contributed by atoms with Crippen LogP contribution in [0, 0.1) is 0 Å². The van der Waals surface area contributed by atoms with Crippen LogP contribution in [0.15, 0.2) is 23.2 Å². The van der Waals surface area contributed by atoms with Crippen molar-refractivity contribution in [3.8, 4) is 11.5 Å².